The Balaban J connectivity index is 1.60. The highest BCUT2D eigenvalue weighted by Gasteiger charge is 2.24. The van der Waals surface area contributed by atoms with Crippen molar-refractivity contribution in [3.8, 4) is 0 Å². The van der Waals surface area contributed by atoms with Crippen LogP contribution in [0.15, 0.2) is 58.4 Å². The van der Waals surface area contributed by atoms with Crippen molar-refractivity contribution in [2.24, 2.45) is 4.99 Å². The van der Waals surface area contributed by atoms with Gasteiger partial charge in [-0.05, 0) is 42.5 Å². The molecule has 3 aromatic rings. The minimum atomic E-state index is -0.143. The van der Waals surface area contributed by atoms with E-state index in [0.717, 1.165) is 16.6 Å². The number of nitrogens with one attached hydrogen (secondary N) is 2. The molecule has 1 fully saturated rings. The van der Waals surface area contributed by atoms with Gasteiger partial charge in [-0.25, -0.2) is 4.98 Å². The lowest BCUT2D eigenvalue weighted by atomic mass is 10.1. The van der Waals surface area contributed by atoms with E-state index < -0.39 is 0 Å². The van der Waals surface area contributed by atoms with E-state index in [1.54, 1.807) is 0 Å². The van der Waals surface area contributed by atoms with E-state index >= 15 is 0 Å². The molecular formula is C18H14N4OS. The van der Waals surface area contributed by atoms with Crippen molar-refractivity contribution in [1.82, 2.24) is 15.3 Å². The molecule has 2 N–H and O–H groups in total. The van der Waals surface area contributed by atoms with Crippen molar-refractivity contribution in [3.05, 3.63) is 64.6 Å². The van der Waals surface area contributed by atoms with Crippen LogP contribution in [0.1, 0.15) is 11.1 Å². The van der Waals surface area contributed by atoms with E-state index in [-0.39, 0.29) is 5.91 Å². The van der Waals surface area contributed by atoms with Crippen molar-refractivity contribution in [1.29, 1.82) is 0 Å². The van der Waals surface area contributed by atoms with Gasteiger partial charge in [-0.1, -0.05) is 42.0 Å². The van der Waals surface area contributed by atoms with Crippen LogP contribution in [0.3, 0.4) is 0 Å². The first-order valence-electron chi connectivity index (χ1n) is 7.48. The second-order valence-corrected chi connectivity index (χ2v) is 6.50. The van der Waals surface area contributed by atoms with Crippen molar-refractivity contribution in [2.75, 3.05) is 0 Å². The second-order valence-electron chi connectivity index (χ2n) is 5.47. The third kappa shape index (κ3) is 2.96. The topological polar surface area (TPSA) is 70.1 Å². The summed E-state index contributed by atoms with van der Waals surface area (Å²) in [4.78, 5) is 24.6. The normalized spacial score (nSPS) is 17.8. The van der Waals surface area contributed by atoms with Crippen molar-refractivity contribution >= 4 is 45.9 Å². The third-order valence-electron chi connectivity index (χ3n) is 3.61. The Labute approximate surface area is 142 Å². The minimum Gasteiger partial charge on any atom is -0.322 e. The van der Waals surface area contributed by atoms with Gasteiger partial charge in [0.15, 0.2) is 5.17 Å². The van der Waals surface area contributed by atoms with Crippen LogP contribution in [0.25, 0.3) is 17.1 Å². The predicted molar refractivity (Wildman–Crippen MR) is 98.1 cm³/mol. The number of aromatic amines is 1. The molecule has 24 heavy (non-hydrogen) atoms. The van der Waals surface area contributed by atoms with Crippen LogP contribution in [0.5, 0.6) is 0 Å². The Kier molecular flexibility index (Phi) is 3.66. The highest BCUT2D eigenvalue weighted by Crippen LogP contribution is 2.28. The molecule has 1 saturated heterocycles. The third-order valence-corrected chi connectivity index (χ3v) is 4.52. The quantitative estimate of drug-likeness (QED) is 0.701. The maximum absolute atomic E-state index is 12.1. The van der Waals surface area contributed by atoms with Crippen LogP contribution >= 0.6 is 11.8 Å². The summed E-state index contributed by atoms with van der Waals surface area (Å²) < 4.78 is 0. The van der Waals surface area contributed by atoms with E-state index in [0.29, 0.717) is 16.0 Å². The fraction of sp³-hybridized carbons (Fsp3) is 0.0556. The monoisotopic (exact) mass is 334 g/mol. The molecule has 0 aliphatic carbocycles. The summed E-state index contributed by atoms with van der Waals surface area (Å²) in [6.07, 6.45) is 1.86. The van der Waals surface area contributed by atoms with Gasteiger partial charge >= 0.3 is 0 Å². The number of thioether (sulfide) groups is 1. The van der Waals surface area contributed by atoms with Crippen LogP contribution in [0.4, 0.5) is 5.95 Å². The number of imidazole rings is 1. The van der Waals surface area contributed by atoms with Gasteiger partial charge in [0.25, 0.3) is 5.91 Å². The Morgan fingerprint density at radius 1 is 1.12 bits per heavy atom. The number of carbonyl (C=O) groups is 1. The molecule has 1 aromatic heterocycles. The average Bonchev–Trinajstić information content (AvgIpc) is 3.12. The van der Waals surface area contributed by atoms with Crippen LogP contribution < -0.4 is 5.32 Å². The summed E-state index contributed by atoms with van der Waals surface area (Å²) in [7, 11) is 0. The highest BCUT2D eigenvalue weighted by atomic mass is 32.2. The number of aryl methyl sites for hydroxylation is 1. The molecule has 118 valence electrons. The lowest BCUT2D eigenvalue weighted by Crippen LogP contribution is -2.19. The van der Waals surface area contributed by atoms with E-state index in [9.17, 15) is 4.79 Å². The molecule has 0 atom stereocenters. The number of H-pyrrole nitrogens is 1. The first-order valence-corrected chi connectivity index (χ1v) is 8.30. The molecular weight excluding hydrogens is 320 g/mol. The molecule has 4 rings (SSSR count). The fourth-order valence-corrected chi connectivity index (χ4v) is 3.21. The van der Waals surface area contributed by atoms with Gasteiger partial charge in [0, 0.05) is 0 Å². The fourth-order valence-electron chi connectivity index (χ4n) is 2.38. The van der Waals surface area contributed by atoms with Crippen LogP contribution in [-0.2, 0) is 4.79 Å². The summed E-state index contributed by atoms with van der Waals surface area (Å²) in [5.41, 5.74) is 3.94. The van der Waals surface area contributed by atoms with Gasteiger partial charge in [0.1, 0.15) is 0 Å². The molecule has 2 heterocycles. The minimum absolute atomic E-state index is 0.143. The van der Waals surface area contributed by atoms with Gasteiger partial charge < -0.3 is 10.3 Å². The number of benzene rings is 2. The summed E-state index contributed by atoms with van der Waals surface area (Å²) in [5.74, 6) is 0.339. The van der Waals surface area contributed by atoms with E-state index in [2.05, 4.69) is 20.3 Å². The number of fused-ring (bicyclic) bond motifs is 1. The lowest BCUT2D eigenvalue weighted by molar-refractivity contribution is -0.115. The maximum Gasteiger partial charge on any atom is 0.264 e. The number of amidine groups is 1. The molecule has 6 heteroatoms. The lowest BCUT2D eigenvalue weighted by Gasteiger charge is -1.95. The molecule has 0 unspecified atom stereocenters. The standard InChI is InChI=1S/C18H14N4OS/c1-11-6-8-12(9-7-11)10-15-16(23)21-18(24-15)22-17-19-13-4-2-3-5-14(13)20-17/h2-10H,1H3,(H2,19,20,21,22,23)/b15-10+. The average molecular weight is 334 g/mol. The zero-order chi connectivity index (χ0) is 16.5. The van der Waals surface area contributed by atoms with Crippen molar-refractivity contribution in [3.63, 3.8) is 0 Å². The molecule has 1 aliphatic rings. The Bertz CT molecular complexity index is 953. The van der Waals surface area contributed by atoms with E-state index in [1.165, 1.54) is 17.3 Å². The van der Waals surface area contributed by atoms with Crippen LogP contribution in [0, 0.1) is 6.92 Å². The predicted octanol–water partition coefficient (Wildman–Crippen LogP) is 3.76. The zero-order valence-electron chi connectivity index (χ0n) is 12.9. The SMILES string of the molecule is Cc1ccc(/C=C2/S/C(=N/c3nc4ccccc4[nH]3)NC2=O)cc1. The Hall–Kier alpha value is -2.86. The highest BCUT2D eigenvalue weighted by molar-refractivity contribution is 8.18. The van der Waals surface area contributed by atoms with Crippen LogP contribution in [-0.4, -0.2) is 21.0 Å². The molecule has 1 aliphatic heterocycles. The number of para-hydroxylation sites is 2. The number of rotatable bonds is 2. The van der Waals surface area contributed by atoms with Gasteiger partial charge in [-0.2, -0.15) is 4.99 Å². The van der Waals surface area contributed by atoms with Crippen molar-refractivity contribution in [2.45, 2.75) is 6.92 Å². The number of nitrogens with zero attached hydrogens (tertiary/aromatic N) is 2. The van der Waals surface area contributed by atoms with E-state index in [4.69, 9.17) is 0 Å². The van der Waals surface area contributed by atoms with E-state index in [1.807, 2.05) is 61.5 Å². The molecule has 5 nitrogen and oxygen atoms in total. The Morgan fingerprint density at radius 3 is 2.71 bits per heavy atom. The van der Waals surface area contributed by atoms with Gasteiger partial charge in [-0.3, -0.25) is 4.79 Å². The number of aliphatic imine (C=N–C) groups is 1. The largest absolute Gasteiger partial charge is 0.322 e. The van der Waals surface area contributed by atoms with Crippen LogP contribution in [0.2, 0.25) is 0 Å². The molecule has 0 spiro atoms. The summed E-state index contributed by atoms with van der Waals surface area (Å²) in [6, 6.07) is 15.7. The number of hydrogen-bond acceptors (Lipinski definition) is 4. The van der Waals surface area contributed by atoms with Crippen molar-refractivity contribution < 1.29 is 4.79 Å². The molecule has 2 aromatic carbocycles. The van der Waals surface area contributed by atoms with Gasteiger partial charge in [0.2, 0.25) is 5.95 Å². The smallest absolute Gasteiger partial charge is 0.264 e. The maximum atomic E-state index is 12.1. The second kappa shape index (κ2) is 5.98. The number of amides is 1. The number of aromatic nitrogens is 2. The Morgan fingerprint density at radius 2 is 1.92 bits per heavy atom. The molecule has 0 saturated carbocycles. The first kappa shape index (κ1) is 14.7. The summed E-state index contributed by atoms with van der Waals surface area (Å²) >= 11 is 1.31. The number of carbonyl (C=O) groups excluding carboxylic acids is 1. The van der Waals surface area contributed by atoms with Gasteiger partial charge in [-0.15, -0.1) is 0 Å². The molecule has 0 bridgehead atoms. The molecule has 0 radical (unpaired) electrons. The number of hydrogen-bond donors (Lipinski definition) is 2. The summed E-state index contributed by atoms with van der Waals surface area (Å²) in [6.45, 7) is 2.03. The molecule has 1 amide bonds. The van der Waals surface area contributed by atoms with Gasteiger partial charge in [0.05, 0.1) is 15.9 Å². The summed E-state index contributed by atoms with van der Waals surface area (Å²) in [5, 5.41) is 3.30. The zero-order valence-corrected chi connectivity index (χ0v) is 13.7. The first-order chi connectivity index (χ1) is 11.7.